The van der Waals surface area contributed by atoms with Crippen molar-refractivity contribution in [3.05, 3.63) is 0 Å². The fraction of sp³-hybridized carbons (Fsp3) is 1.00. The molecule has 0 bridgehead atoms. The van der Waals surface area contributed by atoms with E-state index in [4.69, 9.17) is 4.80 Å². The van der Waals surface area contributed by atoms with Gasteiger partial charge in [0.25, 0.3) is 0 Å². The minimum atomic E-state index is -0.611. The average Bonchev–Trinajstić information content (AvgIpc) is 1.36. The molecule has 0 atom stereocenters. The molecule has 0 aliphatic rings. The van der Waals surface area contributed by atoms with E-state index in [-0.39, 0.29) is 0 Å². The van der Waals surface area contributed by atoms with E-state index in [1.165, 1.54) is 0 Å². The topological polar surface area (TPSA) is 20.2 Å². The van der Waals surface area contributed by atoms with Gasteiger partial charge in [-0.25, -0.2) is 0 Å². The van der Waals surface area contributed by atoms with Gasteiger partial charge in [0, 0.05) is 0 Å². The fourth-order valence-corrected chi connectivity index (χ4v) is 0. The first-order chi connectivity index (χ1) is 3.00. The van der Waals surface area contributed by atoms with Gasteiger partial charge in [0.05, 0.1) is 0 Å². The third kappa shape index (κ3) is 381. The fourth-order valence-electron chi connectivity index (χ4n) is 0. The van der Waals surface area contributed by atoms with E-state index in [0.29, 0.717) is 10.5 Å². The van der Waals surface area contributed by atoms with E-state index in [0.717, 1.165) is 0 Å². The van der Waals surface area contributed by atoms with Crippen molar-refractivity contribution in [2.45, 2.75) is 0 Å². The van der Waals surface area contributed by atoms with Crippen LogP contribution in [0.3, 0.4) is 0 Å². The minimum absolute atomic E-state index is 0.306. The normalized spacial score (nSPS) is 12.1. The third-order valence-electron chi connectivity index (χ3n) is 0. The molecule has 7 heavy (non-hydrogen) atoms. The predicted octanol–water partition coefficient (Wildman–Crippen LogP) is -0.485. The predicted molar refractivity (Wildman–Crippen MR) is 44.2 cm³/mol. The molecule has 1 N–H and O–H groups in total. The number of rotatable bonds is 0. The Morgan fingerprint density at radius 1 is 1.00 bits per heavy atom. The summed E-state index contributed by atoms with van der Waals surface area (Å²) in [7, 11) is -0.306. The summed E-state index contributed by atoms with van der Waals surface area (Å²) in [5, 5.41) is 0. The molecule has 0 aliphatic heterocycles. The smallest absolute Gasteiger partial charge is 0.141 e. The van der Waals surface area contributed by atoms with Gasteiger partial charge < -0.3 is 4.80 Å². The van der Waals surface area contributed by atoms with E-state index >= 15 is 0 Å². The van der Waals surface area contributed by atoms with Crippen molar-refractivity contribution in [1.29, 1.82) is 0 Å². The Balaban J connectivity index is 0. The van der Waals surface area contributed by atoms with Crippen LogP contribution in [0, 0.1) is 0 Å². The zero-order valence-corrected chi connectivity index (χ0v) is 8.95. The Morgan fingerprint density at radius 2 is 1.00 bits per heavy atom. The Hall–Kier alpha value is 0.607. The van der Waals surface area contributed by atoms with Crippen molar-refractivity contribution in [2.75, 3.05) is 26.7 Å². The Labute approximate surface area is 50.0 Å². The van der Waals surface area contributed by atoms with Gasteiger partial charge in [-0.1, -0.05) is 0 Å². The molecule has 0 saturated carbocycles. The van der Waals surface area contributed by atoms with Crippen molar-refractivity contribution in [1.82, 2.24) is 0 Å². The van der Waals surface area contributed by atoms with Crippen molar-refractivity contribution >= 4 is 17.7 Å². The molecule has 3 heteroatoms. The molecular weight excluding hydrogens is 123 g/mol. The first-order valence-corrected chi connectivity index (χ1v) is 7.34. The van der Waals surface area contributed by atoms with Gasteiger partial charge in [-0.3, -0.25) is 0 Å². The first-order valence-electron chi connectivity index (χ1n) is 2.45. The average molecular weight is 140 g/mol. The van der Waals surface area contributed by atoms with Crippen LogP contribution >= 0.6 is 7.26 Å². The van der Waals surface area contributed by atoms with Crippen LogP contribution in [0.2, 0.25) is 0 Å². The van der Waals surface area contributed by atoms with Crippen LogP contribution in [0.15, 0.2) is 0 Å². The van der Waals surface area contributed by atoms with E-state index in [9.17, 15) is 0 Å². The summed E-state index contributed by atoms with van der Waals surface area (Å²) in [5.41, 5.74) is 0. The van der Waals surface area contributed by atoms with Crippen LogP contribution < -0.4 is 0 Å². The van der Waals surface area contributed by atoms with Crippen molar-refractivity contribution in [2.24, 2.45) is 0 Å². The van der Waals surface area contributed by atoms with Crippen LogP contribution in [-0.2, 0) is 0 Å². The third-order valence-corrected chi connectivity index (χ3v) is 0. The maximum Gasteiger partial charge on any atom is 0.141 e. The van der Waals surface area contributed by atoms with E-state index in [1.54, 1.807) is 0 Å². The Kier molecular flexibility index (Phi) is 7.18. The molecule has 0 heterocycles. The molecule has 0 unspecified atom stereocenters. The molecular formula is C4H17OPSi. The number of hydrogen-bond donors (Lipinski definition) is 1. The molecule has 0 rings (SSSR count). The molecule has 1 nitrogen and oxygen atoms in total. The van der Waals surface area contributed by atoms with Gasteiger partial charge in [0.1, 0.15) is 10.5 Å². The Morgan fingerprint density at radius 3 is 1.00 bits per heavy atom. The summed E-state index contributed by atoms with van der Waals surface area (Å²) in [6.45, 7) is 9.31. The van der Waals surface area contributed by atoms with Gasteiger partial charge >= 0.3 is 33.9 Å². The maximum atomic E-state index is 7.14. The van der Waals surface area contributed by atoms with E-state index < -0.39 is 7.26 Å². The first kappa shape index (κ1) is 10.6. The van der Waals surface area contributed by atoms with Gasteiger partial charge in [0.2, 0.25) is 0 Å². The van der Waals surface area contributed by atoms with Crippen LogP contribution in [-0.4, -0.2) is 41.9 Å². The van der Waals surface area contributed by atoms with E-state index in [2.05, 4.69) is 26.7 Å². The molecule has 0 saturated heterocycles. The Bertz CT molecular complexity index is 27.2. The zero-order chi connectivity index (χ0) is 6.50. The molecule has 0 aromatic carbocycles. The molecule has 0 fully saturated rings. The van der Waals surface area contributed by atoms with Crippen molar-refractivity contribution < 1.29 is 4.80 Å². The van der Waals surface area contributed by atoms with Gasteiger partial charge in [-0.15, -0.1) is 0 Å². The van der Waals surface area contributed by atoms with Crippen LogP contribution in [0.4, 0.5) is 0 Å². The summed E-state index contributed by atoms with van der Waals surface area (Å²) in [4.78, 5) is 7.14. The van der Waals surface area contributed by atoms with Crippen LogP contribution in [0.5, 0.6) is 0 Å². The standard InChI is InChI=1S/C4H13P.H4OSi/c1-5(2,3)4;1-2/h5H,1-4H3;1H,2H3. The molecule has 0 aromatic rings. The molecule has 0 radical (unpaired) electrons. The summed E-state index contributed by atoms with van der Waals surface area (Å²) in [6.07, 6.45) is 0. The second-order valence-electron chi connectivity index (χ2n) is 3.00. The summed E-state index contributed by atoms with van der Waals surface area (Å²) in [6, 6.07) is 0. The van der Waals surface area contributed by atoms with E-state index in [1.807, 2.05) is 0 Å². The molecule has 0 spiro atoms. The number of hydrogen-bond acceptors (Lipinski definition) is 1. The van der Waals surface area contributed by atoms with Crippen molar-refractivity contribution in [3.8, 4) is 0 Å². The molecule has 0 aromatic heterocycles. The SMILES string of the molecule is C[PH](C)(C)C.O[SiH3]. The van der Waals surface area contributed by atoms with Gasteiger partial charge in [0.15, 0.2) is 0 Å². The van der Waals surface area contributed by atoms with Crippen LogP contribution in [0.1, 0.15) is 0 Å². The minimum Gasteiger partial charge on any atom is -0.442 e. The monoisotopic (exact) mass is 140 g/mol. The zero-order valence-electron chi connectivity index (χ0n) is 5.95. The summed E-state index contributed by atoms with van der Waals surface area (Å²) < 4.78 is 0. The summed E-state index contributed by atoms with van der Waals surface area (Å²) in [5.74, 6) is 0. The van der Waals surface area contributed by atoms with Crippen molar-refractivity contribution in [3.63, 3.8) is 0 Å². The molecule has 0 amide bonds. The maximum absolute atomic E-state index is 7.14. The molecule has 0 aliphatic carbocycles. The second kappa shape index (κ2) is 4.76. The van der Waals surface area contributed by atoms with Gasteiger partial charge in [-0.05, 0) is 0 Å². The molecule has 48 valence electrons. The quantitative estimate of drug-likeness (QED) is 0.356. The summed E-state index contributed by atoms with van der Waals surface area (Å²) >= 11 is 0. The largest absolute Gasteiger partial charge is 0.442 e. The van der Waals surface area contributed by atoms with Gasteiger partial charge in [-0.2, -0.15) is 0 Å². The van der Waals surface area contributed by atoms with Crippen LogP contribution in [0.25, 0.3) is 0 Å². The second-order valence-corrected chi connectivity index (χ2v) is 9.00.